The Morgan fingerprint density at radius 3 is 2.41 bits per heavy atom. The van der Waals surface area contributed by atoms with Crippen molar-refractivity contribution in [3.63, 3.8) is 0 Å². The second-order valence-corrected chi connectivity index (χ2v) is 11.5. The second-order valence-electron chi connectivity index (χ2n) is 11.5. The zero-order valence-corrected chi connectivity index (χ0v) is 23.2. The number of carbonyl (C=O) groups is 2. The zero-order valence-electron chi connectivity index (χ0n) is 22.4. The zero-order chi connectivity index (χ0) is 28.0. The third-order valence-electron chi connectivity index (χ3n) is 8.95. The molecule has 2 aromatic carbocycles. The Morgan fingerprint density at radius 1 is 0.976 bits per heavy atom. The minimum absolute atomic E-state index is 0. The highest BCUT2D eigenvalue weighted by atomic mass is 35.5. The molecule has 11 heteroatoms. The third-order valence-corrected chi connectivity index (χ3v) is 8.95. The molecular weight excluding hydrogens is 557 g/mol. The van der Waals surface area contributed by atoms with Gasteiger partial charge in [0.15, 0.2) is 11.6 Å². The maximum Gasteiger partial charge on any atom is 0.419 e. The minimum Gasteiger partial charge on any atom is -0.443 e. The lowest BCUT2D eigenvalue weighted by atomic mass is 9.80. The van der Waals surface area contributed by atoms with E-state index in [0.29, 0.717) is 23.7 Å². The van der Waals surface area contributed by atoms with Crippen LogP contribution in [0.15, 0.2) is 36.4 Å². The van der Waals surface area contributed by atoms with E-state index in [2.05, 4.69) is 16.3 Å². The largest absolute Gasteiger partial charge is 0.443 e. The average molecular weight is 589 g/mol. The summed E-state index contributed by atoms with van der Waals surface area (Å²) in [5.41, 5.74) is 1.65. The molecule has 2 aliphatic heterocycles. The highest BCUT2D eigenvalue weighted by molar-refractivity contribution is 5.93. The monoisotopic (exact) mass is 588 g/mol. The smallest absolute Gasteiger partial charge is 0.419 e. The minimum atomic E-state index is -1.03. The van der Waals surface area contributed by atoms with E-state index >= 15 is 0 Å². The van der Waals surface area contributed by atoms with Gasteiger partial charge in [0.1, 0.15) is 18.0 Å². The molecule has 2 saturated heterocycles. The van der Waals surface area contributed by atoms with Gasteiger partial charge in [-0.25, -0.2) is 27.7 Å². The lowest BCUT2D eigenvalue weighted by Gasteiger charge is -2.35. The van der Waals surface area contributed by atoms with Crippen LogP contribution in [-0.2, 0) is 4.74 Å². The van der Waals surface area contributed by atoms with Gasteiger partial charge in [0.05, 0.1) is 11.6 Å². The van der Waals surface area contributed by atoms with E-state index in [1.807, 2.05) is 0 Å². The predicted octanol–water partition coefficient (Wildman–Crippen LogP) is 6.18. The molecule has 0 aromatic heterocycles. The number of nitrogens with zero attached hydrogens (tertiary/aromatic N) is 3. The van der Waals surface area contributed by atoms with Crippen LogP contribution in [0.3, 0.4) is 0 Å². The molecular formula is C30H32ClF3N4O3. The maximum atomic E-state index is 14.1. The first-order valence-electron chi connectivity index (χ1n) is 14.0. The summed E-state index contributed by atoms with van der Waals surface area (Å²) in [6.07, 6.45) is 4.76. The molecule has 0 radical (unpaired) electrons. The number of nitrogens with one attached hydrogen (secondary N) is 1. The van der Waals surface area contributed by atoms with E-state index in [1.54, 1.807) is 6.07 Å². The number of urea groups is 1. The van der Waals surface area contributed by atoms with Crippen LogP contribution in [0, 0.1) is 34.7 Å². The third kappa shape index (κ3) is 5.88. The fraction of sp³-hybridized carbons (Fsp3) is 0.500. The summed E-state index contributed by atoms with van der Waals surface area (Å²) < 4.78 is 46.8. The molecule has 218 valence electrons. The van der Waals surface area contributed by atoms with Gasteiger partial charge in [0, 0.05) is 25.2 Å². The molecule has 3 amide bonds. The Kier molecular flexibility index (Phi) is 8.48. The first-order chi connectivity index (χ1) is 19.3. The number of carbonyl (C=O) groups excluding carboxylic acids is 2. The standard InChI is InChI=1S/C30H31F3N4O3.ClH/c31-21-6-9-24(20(13-21)15-34)17-3-7-23(8-4-17)36-12-11-22(16-36)35-29(38)37-27(19-5-10-25(32)26(33)14-19)28(18-1-2-18)40-30(37)39;/h5-6,9-10,13-14,17-18,22-23,27-28H,1-4,7-8,11-12,16H2,(H,35,38);1H/t17?,22-,23?,27+,28+;/m1./s1. The van der Waals surface area contributed by atoms with Gasteiger partial charge in [-0.3, -0.25) is 4.90 Å². The molecule has 7 nitrogen and oxygen atoms in total. The molecule has 0 bridgehead atoms. The van der Waals surface area contributed by atoms with Gasteiger partial charge in [-0.15, -0.1) is 12.4 Å². The summed E-state index contributed by atoms with van der Waals surface area (Å²) in [6, 6.07) is 8.79. The van der Waals surface area contributed by atoms with Crippen LogP contribution < -0.4 is 5.32 Å². The summed E-state index contributed by atoms with van der Waals surface area (Å²) in [5.74, 6) is -2.11. The Balaban J connectivity index is 0.00000337. The van der Waals surface area contributed by atoms with Crippen LogP contribution >= 0.6 is 12.4 Å². The van der Waals surface area contributed by atoms with E-state index in [-0.39, 0.29) is 30.3 Å². The number of cyclic esters (lactones) is 1. The highest BCUT2D eigenvalue weighted by Gasteiger charge is 2.52. The fourth-order valence-corrected chi connectivity index (χ4v) is 6.74. The summed E-state index contributed by atoms with van der Waals surface area (Å²) >= 11 is 0. The first kappa shape index (κ1) is 29.2. The Labute approximate surface area is 243 Å². The number of halogens is 4. The number of hydrogen-bond acceptors (Lipinski definition) is 5. The van der Waals surface area contributed by atoms with Crippen molar-refractivity contribution in [3.8, 4) is 6.07 Å². The van der Waals surface area contributed by atoms with Crippen molar-refractivity contribution >= 4 is 24.5 Å². The number of amides is 3. The van der Waals surface area contributed by atoms with Gasteiger partial charge < -0.3 is 10.1 Å². The van der Waals surface area contributed by atoms with Crippen molar-refractivity contribution in [3.05, 3.63) is 70.5 Å². The summed E-state index contributed by atoms with van der Waals surface area (Å²) in [7, 11) is 0. The number of benzene rings is 2. The number of ether oxygens (including phenoxy) is 1. The van der Waals surface area contributed by atoms with Crippen molar-refractivity contribution in [2.24, 2.45) is 5.92 Å². The molecule has 2 aliphatic carbocycles. The lowest BCUT2D eigenvalue weighted by molar-refractivity contribution is 0.118. The van der Waals surface area contributed by atoms with E-state index in [9.17, 15) is 28.0 Å². The van der Waals surface area contributed by atoms with Crippen molar-refractivity contribution < 1.29 is 27.5 Å². The van der Waals surface area contributed by atoms with Crippen LogP contribution in [0.5, 0.6) is 0 Å². The Bertz CT molecular complexity index is 1360. The van der Waals surface area contributed by atoms with Gasteiger partial charge in [-0.05, 0) is 92.2 Å². The van der Waals surface area contributed by atoms with Crippen LogP contribution in [0.4, 0.5) is 22.8 Å². The number of rotatable bonds is 5. The fourth-order valence-electron chi connectivity index (χ4n) is 6.74. The van der Waals surface area contributed by atoms with E-state index in [1.165, 1.54) is 18.2 Å². The van der Waals surface area contributed by atoms with Crippen LogP contribution in [0.25, 0.3) is 0 Å². The predicted molar refractivity (Wildman–Crippen MR) is 146 cm³/mol. The molecule has 2 aromatic rings. The molecule has 0 unspecified atom stereocenters. The Morgan fingerprint density at radius 2 is 1.73 bits per heavy atom. The molecule has 41 heavy (non-hydrogen) atoms. The number of nitriles is 1. The van der Waals surface area contributed by atoms with E-state index in [4.69, 9.17) is 4.74 Å². The summed E-state index contributed by atoms with van der Waals surface area (Å²) in [6.45, 7) is 1.45. The molecule has 6 rings (SSSR count). The number of hydrogen-bond donors (Lipinski definition) is 1. The number of likely N-dealkylation sites (tertiary alicyclic amines) is 1. The molecule has 3 atom stereocenters. The van der Waals surface area contributed by atoms with Crippen LogP contribution in [0.1, 0.15) is 73.6 Å². The SMILES string of the molecule is Cl.N#Cc1cc(F)ccc1C1CCC(N2CC[C@@H](NC(=O)N3C(=O)O[C@@H](C4CC4)[C@@H]3c3ccc(F)c(F)c3)C2)CC1. The lowest BCUT2D eigenvalue weighted by Crippen LogP contribution is -2.48. The van der Waals surface area contributed by atoms with E-state index in [0.717, 1.165) is 74.1 Å². The van der Waals surface area contributed by atoms with Gasteiger partial charge in [0.25, 0.3) is 0 Å². The molecule has 1 N–H and O–H groups in total. The van der Waals surface area contributed by atoms with Crippen molar-refractivity contribution in [2.45, 2.75) is 75.1 Å². The van der Waals surface area contributed by atoms with Crippen LogP contribution in [0.2, 0.25) is 0 Å². The van der Waals surface area contributed by atoms with Gasteiger partial charge in [0.2, 0.25) is 0 Å². The van der Waals surface area contributed by atoms with E-state index < -0.39 is 41.7 Å². The number of imide groups is 1. The topological polar surface area (TPSA) is 85.7 Å². The molecule has 4 aliphatic rings. The molecule has 2 saturated carbocycles. The first-order valence-corrected chi connectivity index (χ1v) is 14.0. The summed E-state index contributed by atoms with van der Waals surface area (Å²) in [5, 5.41) is 12.4. The normalized spacial score (nSPS) is 28.1. The molecule has 2 heterocycles. The quantitative estimate of drug-likeness (QED) is 0.451. The highest BCUT2D eigenvalue weighted by Crippen LogP contribution is 2.46. The van der Waals surface area contributed by atoms with Crippen molar-refractivity contribution in [2.75, 3.05) is 13.1 Å². The van der Waals surface area contributed by atoms with Gasteiger partial charge in [-0.2, -0.15) is 5.26 Å². The second kappa shape index (κ2) is 11.9. The summed E-state index contributed by atoms with van der Waals surface area (Å²) in [4.78, 5) is 29.6. The van der Waals surface area contributed by atoms with Gasteiger partial charge >= 0.3 is 12.1 Å². The van der Waals surface area contributed by atoms with Gasteiger partial charge in [-0.1, -0.05) is 12.1 Å². The van der Waals surface area contributed by atoms with Crippen molar-refractivity contribution in [1.82, 2.24) is 15.1 Å². The molecule has 4 fully saturated rings. The average Bonchev–Trinajstić information content (AvgIpc) is 3.59. The molecule has 0 spiro atoms. The van der Waals surface area contributed by atoms with Crippen molar-refractivity contribution in [1.29, 1.82) is 5.26 Å². The maximum absolute atomic E-state index is 14.1. The Hall–Kier alpha value is -3.29. The van der Waals surface area contributed by atoms with Crippen LogP contribution in [-0.4, -0.2) is 53.2 Å².